The largest absolute Gasteiger partial charge is 0.380 e. The molecule has 0 aliphatic carbocycles. The van der Waals surface area contributed by atoms with E-state index in [-0.39, 0.29) is 0 Å². The first-order chi connectivity index (χ1) is 8.58. The maximum absolute atomic E-state index is 10.4. The van der Waals surface area contributed by atoms with Gasteiger partial charge in [0.1, 0.15) is 5.60 Å². The Hall–Kier alpha value is -2.02. The Morgan fingerprint density at radius 1 is 1.22 bits per heavy atom. The van der Waals surface area contributed by atoms with Crippen LogP contribution in [0.25, 0.3) is 0 Å². The summed E-state index contributed by atoms with van der Waals surface area (Å²) < 4.78 is 1.59. The average molecular weight is 246 g/mol. The van der Waals surface area contributed by atoms with Gasteiger partial charge >= 0.3 is 0 Å². The van der Waals surface area contributed by atoms with Crippen molar-refractivity contribution in [2.24, 2.45) is 7.05 Å². The minimum absolute atomic E-state index is 0.456. The predicted molar refractivity (Wildman–Crippen MR) is 63.9 cm³/mol. The molecule has 7 heteroatoms. The predicted octanol–water partition coefficient (Wildman–Crippen LogP) is -0.379. The van der Waals surface area contributed by atoms with Crippen molar-refractivity contribution < 1.29 is 5.11 Å². The second-order valence-corrected chi connectivity index (χ2v) is 4.69. The monoisotopic (exact) mass is 246 g/mol. The molecular weight excluding hydrogens is 232 g/mol. The van der Waals surface area contributed by atoms with Crippen molar-refractivity contribution >= 4 is 5.95 Å². The standard InChI is InChI=1S/C11H14N6O/c1-8-3-12-10(13-4-8)17-6-11(18,7-17)9-5-14-15-16(9)2/h3-5,18H,6-7H2,1-2H3. The molecule has 1 fully saturated rings. The smallest absolute Gasteiger partial charge is 0.225 e. The quantitative estimate of drug-likeness (QED) is 0.778. The van der Waals surface area contributed by atoms with E-state index in [0.29, 0.717) is 24.7 Å². The first-order valence-corrected chi connectivity index (χ1v) is 5.70. The number of aromatic nitrogens is 5. The molecule has 18 heavy (non-hydrogen) atoms. The van der Waals surface area contributed by atoms with Crippen LogP contribution in [0.5, 0.6) is 0 Å². The van der Waals surface area contributed by atoms with Crippen LogP contribution in [-0.2, 0) is 12.6 Å². The second-order valence-electron chi connectivity index (χ2n) is 4.69. The average Bonchev–Trinajstić information content (AvgIpc) is 2.73. The van der Waals surface area contributed by atoms with Gasteiger partial charge in [0, 0.05) is 19.4 Å². The number of anilines is 1. The van der Waals surface area contributed by atoms with Crippen molar-refractivity contribution in [3.05, 3.63) is 29.8 Å². The Morgan fingerprint density at radius 2 is 1.89 bits per heavy atom. The highest BCUT2D eigenvalue weighted by molar-refractivity contribution is 5.39. The van der Waals surface area contributed by atoms with Crippen molar-refractivity contribution in [2.75, 3.05) is 18.0 Å². The van der Waals surface area contributed by atoms with Crippen LogP contribution in [0.1, 0.15) is 11.3 Å². The van der Waals surface area contributed by atoms with Gasteiger partial charge in [-0.05, 0) is 12.5 Å². The fourth-order valence-electron chi connectivity index (χ4n) is 2.15. The molecule has 1 aliphatic rings. The van der Waals surface area contributed by atoms with Crippen molar-refractivity contribution in [3.8, 4) is 0 Å². The lowest BCUT2D eigenvalue weighted by atomic mass is 9.91. The third-order valence-electron chi connectivity index (χ3n) is 3.15. The molecule has 0 spiro atoms. The van der Waals surface area contributed by atoms with Gasteiger partial charge in [0.05, 0.1) is 25.0 Å². The fourth-order valence-corrected chi connectivity index (χ4v) is 2.15. The Labute approximate surface area is 104 Å². The Kier molecular flexibility index (Phi) is 2.30. The van der Waals surface area contributed by atoms with E-state index in [9.17, 15) is 5.11 Å². The number of hydrogen-bond acceptors (Lipinski definition) is 6. The summed E-state index contributed by atoms with van der Waals surface area (Å²) in [5.74, 6) is 0.639. The van der Waals surface area contributed by atoms with Crippen LogP contribution >= 0.6 is 0 Å². The van der Waals surface area contributed by atoms with Crippen LogP contribution < -0.4 is 4.90 Å². The van der Waals surface area contributed by atoms with Crippen LogP contribution in [0, 0.1) is 6.92 Å². The second kappa shape index (κ2) is 3.74. The highest BCUT2D eigenvalue weighted by Gasteiger charge is 2.46. The van der Waals surface area contributed by atoms with E-state index in [4.69, 9.17) is 0 Å². The minimum Gasteiger partial charge on any atom is -0.380 e. The molecule has 7 nitrogen and oxygen atoms in total. The van der Waals surface area contributed by atoms with Crippen LogP contribution in [0.3, 0.4) is 0 Å². The summed E-state index contributed by atoms with van der Waals surface area (Å²) >= 11 is 0. The summed E-state index contributed by atoms with van der Waals surface area (Å²) in [6.07, 6.45) is 5.13. The molecule has 3 heterocycles. The van der Waals surface area contributed by atoms with Crippen molar-refractivity contribution in [3.63, 3.8) is 0 Å². The molecule has 2 aromatic rings. The van der Waals surface area contributed by atoms with Crippen LogP contribution in [0.2, 0.25) is 0 Å². The van der Waals surface area contributed by atoms with E-state index in [1.54, 1.807) is 30.3 Å². The van der Waals surface area contributed by atoms with Gasteiger partial charge in [-0.3, -0.25) is 0 Å². The van der Waals surface area contributed by atoms with Crippen LogP contribution in [-0.4, -0.2) is 43.2 Å². The third kappa shape index (κ3) is 1.63. The van der Waals surface area contributed by atoms with Gasteiger partial charge in [-0.2, -0.15) is 0 Å². The number of aryl methyl sites for hydroxylation is 2. The molecule has 3 rings (SSSR count). The molecule has 0 atom stereocenters. The summed E-state index contributed by atoms with van der Waals surface area (Å²) in [4.78, 5) is 10.4. The summed E-state index contributed by atoms with van der Waals surface area (Å²) in [6.45, 7) is 2.85. The lowest BCUT2D eigenvalue weighted by molar-refractivity contribution is -0.00100. The Balaban J connectivity index is 1.77. The number of hydrogen-bond donors (Lipinski definition) is 1. The van der Waals surface area contributed by atoms with Gasteiger partial charge in [0.15, 0.2) is 0 Å². The number of aliphatic hydroxyl groups is 1. The topological polar surface area (TPSA) is 80.0 Å². The molecule has 0 unspecified atom stereocenters. The van der Waals surface area contributed by atoms with E-state index >= 15 is 0 Å². The zero-order chi connectivity index (χ0) is 12.8. The molecule has 0 amide bonds. The lowest BCUT2D eigenvalue weighted by Gasteiger charge is -2.45. The first-order valence-electron chi connectivity index (χ1n) is 5.70. The van der Waals surface area contributed by atoms with E-state index in [0.717, 1.165) is 5.56 Å². The zero-order valence-corrected chi connectivity index (χ0v) is 10.3. The molecule has 94 valence electrons. The number of rotatable bonds is 2. The van der Waals surface area contributed by atoms with Gasteiger partial charge in [-0.15, -0.1) is 5.10 Å². The van der Waals surface area contributed by atoms with E-state index in [1.807, 2.05) is 11.8 Å². The summed E-state index contributed by atoms with van der Waals surface area (Å²) in [5.41, 5.74) is 0.822. The first kappa shape index (κ1) is 11.1. The highest BCUT2D eigenvalue weighted by Crippen LogP contribution is 2.32. The van der Waals surface area contributed by atoms with Gasteiger partial charge in [0.25, 0.3) is 0 Å². The lowest BCUT2D eigenvalue weighted by Crippen LogP contribution is -2.60. The molecule has 1 saturated heterocycles. The van der Waals surface area contributed by atoms with Crippen molar-refractivity contribution in [1.82, 2.24) is 25.0 Å². The number of nitrogens with zero attached hydrogens (tertiary/aromatic N) is 6. The molecule has 0 radical (unpaired) electrons. The maximum atomic E-state index is 10.4. The van der Waals surface area contributed by atoms with Crippen molar-refractivity contribution in [1.29, 1.82) is 0 Å². The zero-order valence-electron chi connectivity index (χ0n) is 10.3. The number of β-amino-alcohol motifs (C(OH)–C–C–N with tert-alkyl or cyclic N) is 1. The molecule has 0 bridgehead atoms. The van der Waals surface area contributed by atoms with Gasteiger partial charge in [-0.1, -0.05) is 5.21 Å². The van der Waals surface area contributed by atoms with Crippen LogP contribution in [0.15, 0.2) is 18.6 Å². The van der Waals surface area contributed by atoms with E-state index in [2.05, 4.69) is 20.3 Å². The van der Waals surface area contributed by atoms with Crippen molar-refractivity contribution in [2.45, 2.75) is 12.5 Å². The van der Waals surface area contributed by atoms with Gasteiger partial charge in [0.2, 0.25) is 5.95 Å². The summed E-state index contributed by atoms with van der Waals surface area (Å²) in [7, 11) is 1.77. The molecule has 1 N–H and O–H groups in total. The third-order valence-corrected chi connectivity index (χ3v) is 3.15. The van der Waals surface area contributed by atoms with E-state index < -0.39 is 5.60 Å². The fraction of sp³-hybridized carbons (Fsp3) is 0.455. The Bertz CT molecular complexity index is 557. The minimum atomic E-state index is -0.910. The molecule has 0 saturated carbocycles. The SMILES string of the molecule is Cc1cnc(N2CC(O)(c3cnnn3C)C2)nc1. The summed E-state index contributed by atoms with van der Waals surface area (Å²) in [6, 6.07) is 0. The molecule has 1 aliphatic heterocycles. The van der Waals surface area contributed by atoms with E-state index in [1.165, 1.54) is 0 Å². The Morgan fingerprint density at radius 3 is 2.44 bits per heavy atom. The molecule has 0 aromatic carbocycles. The van der Waals surface area contributed by atoms with Gasteiger partial charge in [-0.25, -0.2) is 14.6 Å². The maximum Gasteiger partial charge on any atom is 0.225 e. The molecule has 2 aromatic heterocycles. The highest BCUT2D eigenvalue weighted by atomic mass is 16.3. The molecular formula is C11H14N6O. The summed E-state index contributed by atoms with van der Waals surface area (Å²) in [5, 5.41) is 18.1. The van der Waals surface area contributed by atoms with Gasteiger partial charge < -0.3 is 10.0 Å². The van der Waals surface area contributed by atoms with Crippen LogP contribution in [0.4, 0.5) is 5.95 Å². The normalized spacial score (nSPS) is 17.6.